The highest BCUT2D eigenvalue weighted by Crippen LogP contribution is 2.15. The van der Waals surface area contributed by atoms with Gasteiger partial charge in [0, 0.05) is 0 Å². The second-order valence-electron chi connectivity index (χ2n) is 5.98. The smallest absolute Gasteiger partial charge is 0.266 e. The lowest BCUT2D eigenvalue weighted by Crippen LogP contribution is -2.08. The molecule has 0 atom stereocenters. The predicted octanol–water partition coefficient (Wildman–Crippen LogP) is 2.79. The summed E-state index contributed by atoms with van der Waals surface area (Å²) in [6, 6.07) is 15.7. The Balaban J connectivity index is 1.57. The first-order chi connectivity index (χ1) is 13.0. The Bertz CT molecular complexity index is 1070. The second kappa shape index (κ2) is 8.12. The van der Waals surface area contributed by atoms with Gasteiger partial charge in [0.2, 0.25) is 0 Å². The molecule has 0 aliphatic carbocycles. The standard InChI is InChI=1S/C19H18N4O3S/c1-15-8-10-18(11-9-15)27(24,25)26-12-4-6-17-14-23(22-21-17)19-7-3-2-5-16(19)13-20/h2-3,5,7-11,14H,4,6,12H2,1H3. The van der Waals surface area contributed by atoms with E-state index in [0.29, 0.717) is 29.8 Å². The predicted molar refractivity (Wildman–Crippen MR) is 98.7 cm³/mol. The van der Waals surface area contributed by atoms with Gasteiger partial charge in [-0.05, 0) is 44.0 Å². The van der Waals surface area contributed by atoms with Gasteiger partial charge in [0.15, 0.2) is 0 Å². The molecule has 2 aromatic carbocycles. The van der Waals surface area contributed by atoms with Crippen LogP contribution in [0.15, 0.2) is 59.6 Å². The zero-order chi connectivity index (χ0) is 19.3. The summed E-state index contributed by atoms with van der Waals surface area (Å²) < 4.78 is 30.9. The molecule has 7 nitrogen and oxygen atoms in total. The Labute approximate surface area is 158 Å². The molecule has 0 aliphatic heterocycles. The molecule has 8 heteroatoms. The van der Waals surface area contributed by atoms with Crippen LogP contribution in [0.1, 0.15) is 23.2 Å². The van der Waals surface area contributed by atoms with E-state index in [4.69, 9.17) is 9.44 Å². The molecular weight excluding hydrogens is 364 g/mol. The Morgan fingerprint density at radius 2 is 1.89 bits per heavy atom. The fourth-order valence-corrected chi connectivity index (χ4v) is 3.44. The number of aromatic nitrogens is 3. The fraction of sp³-hybridized carbons (Fsp3) is 0.211. The molecule has 27 heavy (non-hydrogen) atoms. The molecule has 0 saturated heterocycles. The zero-order valence-corrected chi connectivity index (χ0v) is 15.6. The first-order valence-electron chi connectivity index (χ1n) is 8.36. The number of para-hydroxylation sites is 1. The van der Waals surface area contributed by atoms with Crippen LogP contribution in [0.2, 0.25) is 0 Å². The summed E-state index contributed by atoms with van der Waals surface area (Å²) in [5.41, 5.74) is 2.83. The van der Waals surface area contributed by atoms with Gasteiger partial charge in [0.1, 0.15) is 6.07 Å². The van der Waals surface area contributed by atoms with Crippen molar-refractivity contribution >= 4 is 10.1 Å². The van der Waals surface area contributed by atoms with Crippen LogP contribution >= 0.6 is 0 Å². The van der Waals surface area contributed by atoms with Crippen molar-refractivity contribution in [2.24, 2.45) is 0 Å². The van der Waals surface area contributed by atoms with Crippen molar-refractivity contribution in [2.45, 2.75) is 24.7 Å². The normalized spacial score (nSPS) is 11.3. The molecule has 0 bridgehead atoms. The third-order valence-corrected chi connectivity index (χ3v) is 5.26. The topological polar surface area (TPSA) is 97.9 Å². The first kappa shape index (κ1) is 18.8. The van der Waals surface area contributed by atoms with Crippen molar-refractivity contribution in [3.63, 3.8) is 0 Å². The molecule has 3 aromatic rings. The summed E-state index contributed by atoms with van der Waals surface area (Å²) in [7, 11) is -3.76. The van der Waals surface area contributed by atoms with Crippen LogP contribution in [0.4, 0.5) is 0 Å². The molecule has 0 saturated carbocycles. The van der Waals surface area contributed by atoms with Gasteiger partial charge in [-0.1, -0.05) is 35.0 Å². The lowest BCUT2D eigenvalue weighted by Gasteiger charge is -2.05. The second-order valence-corrected chi connectivity index (χ2v) is 7.59. The summed E-state index contributed by atoms with van der Waals surface area (Å²) in [5.74, 6) is 0. The Morgan fingerprint density at radius 1 is 1.15 bits per heavy atom. The number of nitriles is 1. The van der Waals surface area contributed by atoms with Gasteiger partial charge in [-0.3, -0.25) is 4.18 Å². The van der Waals surface area contributed by atoms with Gasteiger partial charge in [0.05, 0.1) is 34.6 Å². The van der Waals surface area contributed by atoms with Gasteiger partial charge in [-0.25, -0.2) is 4.68 Å². The third-order valence-electron chi connectivity index (χ3n) is 3.94. The summed E-state index contributed by atoms with van der Waals surface area (Å²) >= 11 is 0. The van der Waals surface area contributed by atoms with E-state index in [0.717, 1.165) is 5.56 Å². The van der Waals surface area contributed by atoms with E-state index in [9.17, 15) is 8.42 Å². The Morgan fingerprint density at radius 3 is 2.63 bits per heavy atom. The summed E-state index contributed by atoms with van der Waals surface area (Å²) in [6.45, 7) is 1.94. The molecule has 0 amide bonds. The summed E-state index contributed by atoms with van der Waals surface area (Å²) in [5, 5.41) is 17.3. The first-order valence-corrected chi connectivity index (χ1v) is 9.77. The number of rotatable bonds is 7. The van der Waals surface area contributed by atoms with E-state index >= 15 is 0 Å². The number of benzene rings is 2. The lowest BCUT2D eigenvalue weighted by atomic mass is 10.2. The molecule has 0 spiro atoms. The van der Waals surface area contributed by atoms with Gasteiger partial charge in [-0.15, -0.1) is 5.10 Å². The van der Waals surface area contributed by atoms with E-state index < -0.39 is 10.1 Å². The molecular formula is C19H18N4O3S. The summed E-state index contributed by atoms with van der Waals surface area (Å²) in [4.78, 5) is 0.146. The van der Waals surface area contributed by atoms with E-state index in [1.807, 2.05) is 13.0 Å². The maximum atomic E-state index is 12.1. The largest absolute Gasteiger partial charge is 0.296 e. The highest BCUT2D eigenvalue weighted by molar-refractivity contribution is 7.86. The number of aryl methyl sites for hydroxylation is 2. The quantitative estimate of drug-likeness (QED) is 0.460. The number of hydrogen-bond acceptors (Lipinski definition) is 6. The third kappa shape index (κ3) is 4.58. The minimum absolute atomic E-state index is 0.0534. The Kier molecular flexibility index (Phi) is 5.64. The van der Waals surface area contributed by atoms with Crippen molar-refractivity contribution in [3.05, 3.63) is 71.5 Å². The molecule has 138 valence electrons. The van der Waals surface area contributed by atoms with E-state index in [1.165, 1.54) is 16.8 Å². The van der Waals surface area contributed by atoms with Crippen LogP contribution in [-0.4, -0.2) is 30.0 Å². The average Bonchev–Trinajstić information content (AvgIpc) is 3.14. The van der Waals surface area contributed by atoms with Crippen molar-refractivity contribution in [3.8, 4) is 11.8 Å². The maximum absolute atomic E-state index is 12.1. The minimum atomic E-state index is -3.76. The van der Waals surface area contributed by atoms with E-state index in [2.05, 4.69) is 16.4 Å². The highest BCUT2D eigenvalue weighted by Gasteiger charge is 2.14. The highest BCUT2D eigenvalue weighted by atomic mass is 32.2. The van der Waals surface area contributed by atoms with Crippen LogP contribution in [0, 0.1) is 18.3 Å². The van der Waals surface area contributed by atoms with Gasteiger partial charge < -0.3 is 0 Å². The van der Waals surface area contributed by atoms with Gasteiger partial charge >= 0.3 is 0 Å². The van der Waals surface area contributed by atoms with Crippen LogP contribution in [-0.2, 0) is 20.7 Å². The van der Waals surface area contributed by atoms with E-state index in [-0.39, 0.29) is 11.5 Å². The van der Waals surface area contributed by atoms with Crippen molar-refractivity contribution in [2.75, 3.05) is 6.61 Å². The molecule has 0 aliphatic rings. The maximum Gasteiger partial charge on any atom is 0.296 e. The van der Waals surface area contributed by atoms with Crippen molar-refractivity contribution in [1.82, 2.24) is 15.0 Å². The molecule has 3 rings (SSSR count). The molecule has 1 aromatic heterocycles. The molecule has 0 fully saturated rings. The van der Waals surface area contributed by atoms with Crippen LogP contribution in [0.3, 0.4) is 0 Å². The zero-order valence-electron chi connectivity index (χ0n) is 14.7. The minimum Gasteiger partial charge on any atom is -0.266 e. The average molecular weight is 382 g/mol. The fourth-order valence-electron chi connectivity index (χ4n) is 2.49. The lowest BCUT2D eigenvalue weighted by molar-refractivity contribution is 0.312. The number of hydrogen-bond donors (Lipinski definition) is 0. The monoisotopic (exact) mass is 382 g/mol. The van der Waals surface area contributed by atoms with E-state index in [1.54, 1.807) is 36.5 Å². The van der Waals surface area contributed by atoms with Crippen LogP contribution in [0.5, 0.6) is 0 Å². The van der Waals surface area contributed by atoms with Crippen molar-refractivity contribution < 1.29 is 12.6 Å². The molecule has 0 N–H and O–H groups in total. The van der Waals surface area contributed by atoms with Crippen LogP contribution in [0.25, 0.3) is 5.69 Å². The Hall–Kier alpha value is -3.02. The van der Waals surface area contributed by atoms with Gasteiger partial charge in [-0.2, -0.15) is 13.7 Å². The molecule has 0 radical (unpaired) electrons. The van der Waals surface area contributed by atoms with Crippen molar-refractivity contribution in [1.29, 1.82) is 5.26 Å². The molecule has 0 unspecified atom stereocenters. The number of nitrogens with zero attached hydrogens (tertiary/aromatic N) is 4. The molecule has 1 heterocycles. The summed E-state index contributed by atoms with van der Waals surface area (Å²) in [6.07, 6.45) is 2.71. The SMILES string of the molecule is Cc1ccc(S(=O)(=O)OCCCc2cn(-c3ccccc3C#N)nn2)cc1. The van der Waals surface area contributed by atoms with Crippen LogP contribution < -0.4 is 0 Å². The van der Waals surface area contributed by atoms with Gasteiger partial charge in [0.25, 0.3) is 10.1 Å².